The maximum absolute atomic E-state index is 12.7. The summed E-state index contributed by atoms with van der Waals surface area (Å²) in [5, 5.41) is 2.52. The van der Waals surface area contributed by atoms with Crippen LogP contribution in [0, 0.1) is 0 Å². The monoisotopic (exact) mass is 271 g/mol. The van der Waals surface area contributed by atoms with Gasteiger partial charge in [0.05, 0.1) is 5.69 Å². The zero-order valence-electron chi connectivity index (χ0n) is 10.4. The third kappa shape index (κ3) is 3.01. The van der Waals surface area contributed by atoms with Crippen molar-refractivity contribution < 1.29 is 13.2 Å². The first-order chi connectivity index (χ1) is 8.90. The van der Waals surface area contributed by atoms with E-state index in [4.69, 9.17) is 0 Å². The average Bonchev–Trinajstić information content (AvgIpc) is 2.73. The number of aryl methyl sites for hydroxylation is 1. The molecule has 1 N–H and O–H groups in total. The lowest BCUT2D eigenvalue weighted by molar-refractivity contribution is -0.141. The molecule has 0 amide bonds. The second kappa shape index (κ2) is 4.87. The topological polar surface area (TPSA) is 55.6 Å². The number of anilines is 1. The summed E-state index contributed by atoms with van der Waals surface area (Å²) in [4.78, 5) is 11.5. The highest BCUT2D eigenvalue weighted by Crippen LogP contribution is 2.28. The highest BCUT2D eigenvalue weighted by atomic mass is 19.4. The lowest BCUT2D eigenvalue weighted by Crippen LogP contribution is -2.13. The molecule has 2 rings (SSSR count). The maximum Gasteiger partial charge on any atom is 0.433 e. The van der Waals surface area contributed by atoms with Crippen LogP contribution in [0.25, 0.3) is 0 Å². The summed E-state index contributed by atoms with van der Waals surface area (Å²) in [6, 6.07) is 0.940. The van der Waals surface area contributed by atoms with Gasteiger partial charge in [0.25, 0.3) is 0 Å². The van der Waals surface area contributed by atoms with E-state index in [0.29, 0.717) is 5.82 Å². The van der Waals surface area contributed by atoms with E-state index < -0.39 is 11.9 Å². The normalized spacial score (nSPS) is 11.6. The molecule has 5 nitrogen and oxygen atoms in total. The lowest BCUT2D eigenvalue weighted by atomic mass is 10.2. The van der Waals surface area contributed by atoms with Gasteiger partial charge in [-0.05, 0) is 6.07 Å². The van der Waals surface area contributed by atoms with Crippen LogP contribution in [-0.2, 0) is 19.6 Å². The number of hydrogen-bond donors (Lipinski definition) is 1. The molecule has 0 spiro atoms. The van der Waals surface area contributed by atoms with Gasteiger partial charge in [0.2, 0.25) is 5.95 Å². The van der Waals surface area contributed by atoms with E-state index in [1.807, 2.05) is 0 Å². The van der Waals surface area contributed by atoms with Crippen LogP contribution in [0.4, 0.5) is 19.1 Å². The van der Waals surface area contributed by atoms with E-state index >= 15 is 0 Å². The number of alkyl halides is 3. The molecule has 8 heteroatoms. The molecule has 102 valence electrons. The van der Waals surface area contributed by atoms with Gasteiger partial charge in [-0.15, -0.1) is 0 Å². The van der Waals surface area contributed by atoms with Gasteiger partial charge in [-0.1, -0.05) is 0 Å². The molecule has 0 bridgehead atoms. The SMILES string of the molecule is CNc1nc(Cc2nccn2C)cc(C(F)(F)F)n1. The van der Waals surface area contributed by atoms with Crippen molar-refractivity contribution in [2.75, 3.05) is 12.4 Å². The highest BCUT2D eigenvalue weighted by Gasteiger charge is 2.33. The highest BCUT2D eigenvalue weighted by molar-refractivity contribution is 5.29. The second-order valence-electron chi connectivity index (χ2n) is 3.95. The molecule has 0 unspecified atom stereocenters. The van der Waals surface area contributed by atoms with Gasteiger partial charge >= 0.3 is 6.18 Å². The Morgan fingerprint density at radius 2 is 2.05 bits per heavy atom. The lowest BCUT2D eigenvalue weighted by Gasteiger charge is -2.10. The van der Waals surface area contributed by atoms with Gasteiger partial charge in [0, 0.05) is 32.9 Å². The summed E-state index contributed by atoms with van der Waals surface area (Å²) < 4.78 is 39.8. The van der Waals surface area contributed by atoms with Crippen molar-refractivity contribution in [2.24, 2.45) is 7.05 Å². The Balaban J connectivity index is 2.37. The summed E-state index contributed by atoms with van der Waals surface area (Å²) in [5.41, 5.74) is -0.697. The van der Waals surface area contributed by atoms with E-state index in [1.54, 1.807) is 24.0 Å². The quantitative estimate of drug-likeness (QED) is 0.925. The fourth-order valence-corrected chi connectivity index (χ4v) is 1.57. The zero-order valence-corrected chi connectivity index (χ0v) is 10.4. The van der Waals surface area contributed by atoms with Crippen LogP contribution in [0.5, 0.6) is 0 Å². The zero-order chi connectivity index (χ0) is 14.0. The molecule has 0 atom stereocenters. The Hall–Kier alpha value is -2.12. The summed E-state index contributed by atoms with van der Waals surface area (Å²) in [5.74, 6) is 0.577. The Morgan fingerprint density at radius 1 is 1.32 bits per heavy atom. The molecule has 0 aromatic carbocycles. The molecule has 2 aromatic rings. The predicted molar refractivity (Wildman–Crippen MR) is 62.6 cm³/mol. The van der Waals surface area contributed by atoms with Crippen LogP contribution in [0.15, 0.2) is 18.5 Å². The van der Waals surface area contributed by atoms with Crippen molar-refractivity contribution in [3.8, 4) is 0 Å². The smallest absolute Gasteiger partial charge is 0.357 e. The summed E-state index contributed by atoms with van der Waals surface area (Å²) in [7, 11) is 3.24. The minimum absolute atomic E-state index is 0.0564. The fourth-order valence-electron chi connectivity index (χ4n) is 1.57. The van der Waals surface area contributed by atoms with E-state index in [-0.39, 0.29) is 18.1 Å². The molecular weight excluding hydrogens is 259 g/mol. The first-order valence-electron chi connectivity index (χ1n) is 5.49. The molecule has 19 heavy (non-hydrogen) atoms. The van der Waals surface area contributed by atoms with Gasteiger partial charge in [-0.2, -0.15) is 13.2 Å². The Kier molecular flexibility index (Phi) is 3.41. The predicted octanol–water partition coefficient (Wildman–Crippen LogP) is 1.86. The molecular formula is C11H12F3N5. The van der Waals surface area contributed by atoms with Crippen molar-refractivity contribution in [3.63, 3.8) is 0 Å². The van der Waals surface area contributed by atoms with Crippen molar-refractivity contribution >= 4 is 5.95 Å². The van der Waals surface area contributed by atoms with Crippen LogP contribution in [0.1, 0.15) is 17.2 Å². The van der Waals surface area contributed by atoms with Crippen molar-refractivity contribution in [1.29, 1.82) is 0 Å². The minimum Gasteiger partial charge on any atom is -0.357 e. The summed E-state index contributed by atoms with van der Waals surface area (Å²) in [6.07, 6.45) is -0.977. The molecule has 0 radical (unpaired) electrons. The maximum atomic E-state index is 12.7. The number of imidazole rings is 1. The fraction of sp³-hybridized carbons (Fsp3) is 0.364. The van der Waals surface area contributed by atoms with Crippen molar-refractivity contribution in [1.82, 2.24) is 19.5 Å². The first kappa shape index (κ1) is 13.3. The minimum atomic E-state index is -4.50. The molecule has 0 saturated carbocycles. The van der Waals surface area contributed by atoms with E-state index in [1.165, 1.54) is 7.05 Å². The van der Waals surface area contributed by atoms with Gasteiger partial charge < -0.3 is 9.88 Å². The third-order valence-electron chi connectivity index (χ3n) is 2.55. The van der Waals surface area contributed by atoms with Gasteiger partial charge in [0.15, 0.2) is 0 Å². The van der Waals surface area contributed by atoms with Crippen LogP contribution in [0.2, 0.25) is 0 Å². The van der Waals surface area contributed by atoms with E-state index in [2.05, 4.69) is 20.3 Å². The molecule has 0 aliphatic carbocycles. The average molecular weight is 271 g/mol. The van der Waals surface area contributed by atoms with E-state index in [0.717, 1.165) is 6.07 Å². The van der Waals surface area contributed by atoms with Crippen LogP contribution < -0.4 is 5.32 Å². The standard InChI is InChI=1S/C11H12F3N5/c1-15-10-17-7(5-8(18-10)11(12,13)14)6-9-16-3-4-19(9)2/h3-5H,6H2,1-2H3,(H,15,17,18). The number of nitrogens with zero attached hydrogens (tertiary/aromatic N) is 4. The number of nitrogens with one attached hydrogen (secondary N) is 1. The van der Waals surface area contributed by atoms with Gasteiger partial charge in [0.1, 0.15) is 11.5 Å². The van der Waals surface area contributed by atoms with Gasteiger partial charge in [-0.3, -0.25) is 0 Å². The number of halogens is 3. The summed E-state index contributed by atoms with van der Waals surface area (Å²) >= 11 is 0. The van der Waals surface area contributed by atoms with Gasteiger partial charge in [-0.25, -0.2) is 15.0 Å². The Bertz CT molecular complexity index is 576. The number of rotatable bonds is 3. The van der Waals surface area contributed by atoms with Crippen LogP contribution in [0.3, 0.4) is 0 Å². The molecule has 0 aliphatic heterocycles. The van der Waals surface area contributed by atoms with Crippen LogP contribution in [-0.4, -0.2) is 26.6 Å². The molecule has 2 heterocycles. The molecule has 2 aromatic heterocycles. The number of hydrogen-bond acceptors (Lipinski definition) is 4. The van der Waals surface area contributed by atoms with Crippen LogP contribution >= 0.6 is 0 Å². The molecule has 0 saturated heterocycles. The Morgan fingerprint density at radius 3 is 2.58 bits per heavy atom. The largest absolute Gasteiger partial charge is 0.433 e. The molecule has 0 fully saturated rings. The third-order valence-corrected chi connectivity index (χ3v) is 2.55. The first-order valence-corrected chi connectivity index (χ1v) is 5.49. The summed E-state index contributed by atoms with van der Waals surface area (Å²) in [6.45, 7) is 0. The number of aromatic nitrogens is 4. The second-order valence-corrected chi connectivity index (χ2v) is 3.95. The van der Waals surface area contributed by atoms with Crippen molar-refractivity contribution in [2.45, 2.75) is 12.6 Å². The Labute approximate surface area is 107 Å². The van der Waals surface area contributed by atoms with E-state index in [9.17, 15) is 13.2 Å². The van der Waals surface area contributed by atoms with Crippen molar-refractivity contribution in [3.05, 3.63) is 35.7 Å². The molecule has 0 aliphatic rings.